The maximum absolute atomic E-state index is 13.2. The molecule has 2 aromatic heterocycles. The quantitative estimate of drug-likeness (QED) is 0.0381. The van der Waals surface area contributed by atoms with Crippen molar-refractivity contribution in [2.24, 2.45) is 4.99 Å². The Morgan fingerprint density at radius 3 is 2.07 bits per heavy atom. The number of aldehydes is 1. The number of nitrogens with one attached hydrogen (secondary N) is 4. The van der Waals surface area contributed by atoms with Gasteiger partial charge in [0.1, 0.15) is 28.7 Å². The minimum absolute atomic E-state index is 0.0206. The van der Waals surface area contributed by atoms with Gasteiger partial charge in [-0.2, -0.15) is 0 Å². The summed E-state index contributed by atoms with van der Waals surface area (Å²) in [7, 11) is 0. The summed E-state index contributed by atoms with van der Waals surface area (Å²) in [5.41, 5.74) is 3.70. The lowest BCUT2D eigenvalue weighted by Crippen LogP contribution is -2.52. The highest BCUT2D eigenvalue weighted by Gasteiger charge is 2.33. The first-order valence-corrected chi connectivity index (χ1v) is 23.3. The molecule has 20 nitrogen and oxygen atoms in total. The number of amides is 5. The summed E-state index contributed by atoms with van der Waals surface area (Å²) in [6, 6.07) is 10.4. The van der Waals surface area contributed by atoms with Gasteiger partial charge in [0.05, 0.1) is 89.3 Å². The van der Waals surface area contributed by atoms with Crippen molar-refractivity contribution in [1.29, 1.82) is 0 Å². The summed E-state index contributed by atoms with van der Waals surface area (Å²) in [4.78, 5) is 79.8. The predicted octanol–water partition coefficient (Wildman–Crippen LogP) is 2.93. The van der Waals surface area contributed by atoms with Crippen LogP contribution in [0.25, 0.3) is 5.00 Å². The van der Waals surface area contributed by atoms with Crippen LogP contribution >= 0.6 is 22.9 Å². The molecule has 68 heavy (non-hydrogen) atoms. The van der Waals surface area contributed by atoms with Crippen LogP contribution in [0.15, 0.2) is 47.5 Å². The average Bonchev–Trinajstić information content (AvgIpc) is 3.81. The van der Waals surface area contributed by atoms with Gasteiger partial charge in [-0.25, -0.2) is 0 Å². The van der Waals surface area contributed by atoms with Crippen molar-refractivity contribution >= 4 is 64.5 Å². The van der Waals surface area contributed by atoms with Crippen molar-refractivity contribution in [1.82, 2.24) is 36.0 Å². The zero-order valence-electron chi connectivity index (χ0n) is 38.1. The summed E-state index contributed by atoms with van der Waals surface area (Å²) in [6.45, 7) is 9.55. The fraction of sp³-hybridized carbons (Fsp3) is 0.457. The van der Waals surface area contributed by atoms with Crippen LogP contribution < -0.4 is 26.0 Å². The molecule has 0 spiro atoms. The molecule has 364 valence electrons. The van der Waals surface area contributed by atoms with Crippen molar-refractivity contribution in [2.45, 2.75) is 52.1 Å². The van der Waals surface area contributed by atoms with Gasteiger partial charge in [0.25, 0.3) is 11.8 Å². The topological polar surface area (TPSA) is 249 Å². The largest absolute Gasteiger partial charge is 0.483 e. The van der Waals surface area contributed by atoms with Crippen LogP contribution in [0.3, 0.4) is 0 Å². The number of aryl methyl sites for hydroxylation is 2. The van der Waals surface area contributed by atoms with Crippen LogP contribution in [0, 0.1) is 20.8 Å². The monoisotopic (exact) mass is 978 g/mol. The van der Waals surface area contributed by atoms with Crippen molar-refractivity contribution in [3.05, 3.63) is 91.8 Å². The Morgan fingerprint density at radius 1 is 0.838 bits per heavy atom. The maximum atomic E-state index is 13.2. The van der Waals surface area contributed by atoms with E-state index in [2.05, 4.69) is 45.3 Å². The number of halogens is 1. The predicted molar refractivity (Wildman–Crippen MR) is 249 cm³/mol. The van der Waals surface area contributed by atoms with E-state index < -0.39 is 42.3 Å². The van der Waals surface area contributed by atoms with Gasteiger partial charge in [-0.3, -0.25) is 43.6 Å². The van der Waals surface area contributed by atoms with Gasteiger partial charge >= 0.3 is 0 Å². The number of piperidine rings is 1. The number of thiophene rings is 1. The zero-order chi connectivity index (χ0) is 48.4. The summed E-state index contributed by atoms with van der Waals surface area (Å²) < 4.78 is 35.2. The van der Waals surface area contributed by atoms with Gasteiger partial charge in [-0.15, -0.1) is 21.5 Å². The first-order chi connectivity index (χ1) is 32.9. The van der Waals surface area contributed by atoms with E-state index in [1.165, 1.54) is 23.1 Å². The number of benzene rings is 2. The minimum Gasteiger partial charge on any atom is -0.483 e. The average molecular weight is 980 g/mol. The van der Waals surface area contributed by atoms with E-state index in [4.69, 9.17) is 45.0 Å². The van der Waals surface area contributed by atoms with E-state index in [0.717, 1.165) is 33.2 Å². The number of carbonyl (C=O) groups is 6. The number of carbonyl (C=O) groups excluding carboxylic acids is 6. The lowest BCUT2D eigenvalue weighted by Gasteiger charge is -2.22. The van der Waals surface area contributed by atoms with E-state index in [0.29, 0.717) is 83.1 Å². The Morgan fingerprint density at radius 2 is 1.46 bits per heavy atom. The van der Waals surface area contributed by atoms with E-state index in [-0.39, 0.29) is 55.2 Å². The fourth-order valence-corrected chi connectivity index (χ4v) is 8.48. The molecule has 2 aliphatic heterocycles. The molecule has 1 unspecified atom stereocenters. The fourth-order valence-electron chi connectivity index (χ4n) is 7.14. The Hall–Kier alpha value is -5.94. The highest BCUT2D eigenvalue weighted by molar-refractivity contribution is 7.15. The lowest BCUT2D eigenvalue weighted by atomic mass is 9.99. The summed E-state index contributed by atoms with van der Waals surface area (Å²) in [6.07, 6.45) is 0.732. The molecule has 22 heteroatoms. The second-order valence-electron chi connectivity index (χ2n) is 15.5. The Bertz CT molecular complexity index is 2440. The van der Waals surface area contributed by atoms with Gasteiger partial charge in [-0.1, -0.05) is 29.8 Å². The normalized spacial score (nSPS) is 15.4. The zero-order valence-corrected chi connectivity index (χ0v) is 39.6. The van der Waals surface area contributed by atoms with E-state index in [1.54, 1.807) is 11.3 Å². The molecular formula is C46H55ClN8O12S. The molecule has 0 bridgehead atoms. The van der Waals surface area contributed by atoms with E-state index in [9.17, 15) is 28.8 Å². The van der Waals surface area contributed by atoms with Gasteiger partial charge < -0.3 is 44.4 Å². The van der Waals surface area contributed by atoms with Crippen molar-refractivity contribution in [3.63, 3.8) is 0 Å². The maximum Gasteiger partial charge on any atom is 0.258 e. The number of hydrogen-bond donors (Lipinski definition) is 4. The summed E-state index contributed by atoms with van der Waals surface area (Å²) in [5.74, 6) is -1.03. The third-order valence-electron chi connectivity index (χ3n) is 10.7. The Kier molecular flexibility index (Phi) is 19.7. The van der Waals surface area contributed by atoms with E-state index >= 15 is 0 Å². The molecule has 0 saturated carbocycles. The van der Waals surface area contributed by atoms with Gasteiger partial charge in [0, 0.05) is 40.5 Å². The molecule has 2 aromatic carbocycles. The molecule has 4 heterocycles. The second-order valence-corrected chi connectivity index (χ2v) is 17.1. The number of aliphatic imine (C=N–C) groups is 1. The SMILES string of the molecule is Cc1sc2c(c1C)C(c1ccc(Cl)cc1)=N[C@@H](CC(=O)NCCOCCOCCOCCOCCOCCNC(=O)COc1cccc(C(=O)NC3CCC(=O)NC3=O)c1C=O)c1nnc(C)n1-2. The molecule has 0 aliphatic carbocycles. The van der Waals surface area contributed by atoms with Crippen molar-refractivity contribution in [3.8, 4) is 10.8 Å². The van der Waals surface area contributed by atoms with Crippen LogP contribution in [0.1, 0.15) is 79.2 Å². The molecule has 6 rings (SSSR count). The van der Waals surface area contributed by atoms with Gasteiger partial charge in [0.2, 0.25) is 17.7 Å². The van der Waals surface area contributed by atoms with Crippen molar-refractivity contribution in [2.75, 3.05) is 85.8 Å². The van der Waals surface area contributed by atoms with Crippen LogP contribution in [-0.4, -0.2) is 148 Å². The highest BCUT2D eigenvalue weighted by Crippen LogP contribution is 2.39. The first kappa shape index (κ1) is 51.5. The number of fused-ring (bicyclic) bond motifs is 3. The molecule has 1 fully saturated rings. The molecule has 1 saturated heterocycles. The molecule has 4 N–H and O–H groups in total. The summed E-state index contributed by atoms with van der Waals surface area (Å²) in [5, 5.41) is 20.7. The number of hydrogen-bond acceptors (Lipinski definition) is 16. The van der Waals surface area contributed by atoms with Crippen LogP contribution in [0.5, 0.6) is 5.75 Å². The minimum atomic E-state index is -0.920. The first-order valence-electron chi connectivity index (χ1n) is 22.1. The Balaban J connectivity index is 0.754. The van der Waals surface area contributed by atoms with Crippen LogP contribution in [0.2, 0.25) is 5.02 Å². The highest BCUT2D eigenvalue weighted by atomic mass is 35.5. The number of imide groups is 1. The molecule has 5 amide bonds. The standard InChI is InChI=1S/C46H55ClN8O12S/c1-28-29(2)68-46-41(28)42(31-7-9-32(47)10-8-31)50-36(43-54-53-30(3)55(43)46)25-39(58)48-13-15-62-17-19-64-21-23-66-24-22-65-20-18-63-16-14-49-40(59)27-67-37-6-4-5-33(34(37)26-56)44(60)51-35-11-12-38(57)52-45(35)61/h4-10,26,35-36H,11-25,27H2,1-3H3,(H,48,58)(H,49,59)(H,51,60)(H,52,57,61)/t35?,36-/m0/s1. The second kappa shape index (κ2) is 26.0. The smallest absolute Gasteiger partial charge is 0.258 e. The van der Waals surface area contributed by atoms with Crippen LogP contribution in [0.4, 0.5) is 0 Å². The van der Waals surface area contributed by atoms with E-state index in [1.807, 2.05) is 35.8 Å². The molecular weight excluding hydrogens is 924 g/mol. The number of rotatable bonds is 27. The lowest BCUT2D eigenvalue weighted by molar-refractivity contribution is -0.134. The Labute approximate surface area is 401 Å². The number of ether oxygens (including phenoxy) is 6. The number of aromatic nitrogens is 3. The number of nitrogens with zero attached hydrogens (tertiary/aromatic N) is 4. The van der Waals surface area contributed by atoms with Crippen molar-refractivity contribution < 1.29 is 57.2 Å². The molecule has 2 atom stereocenters. The molecule has 0 radical (unpaired) electrons. The third kappa shape index (κ3) is 14.3. The van der Waals surface area contributed by atoms with Crippen LogP contribution in [-0.2, 0) is 42.9 Å². The van der Waals surface area contributed by atoms with Gasteiger partial charge in [-0.05, 0) is 57.0 Å². The molecule has 4 aromatic rings. The summed E-state index contributed by atoms with van der Waals surface area (Å²) >= 11 is 7.87. The molecule has 2 aliphatic rings. The third-order valence-corrected chi connectivity index (χ3v) is 12.1. The van der Waals surface area contributed by atoms with Gasteiger partial charge in [0.15, 0.2) is 18.7 Å².